The van der Waals surface area contributed by atoms with Crippen LogP contribution in [-0.4, -0.2) is 47.6 Å². The number of nitrogens with one attached hydrogen (secondary N) is 2. The van der Waals surface area contributed by atoms with Crippen molar-refractivity contribution in [1.82, 2.24) is 15.2 Å². The Hall–Kier alpha value is -1.70. The van der Waals surface area contributed by atoms with Crippen molar-refractivity contribution in [2.24, 2.45) is 5.84 Å². The molecule has 2 heterocycles. The van der Waals surface area contributed by atoms with Crippen LogP contribution >= 0.6 is 0 Å². The standard InChI is InChI=1S/C14H21N5O2/c15-18-11-3-4-16-12(7-11)8-19-5-6-21-9-13(19)14(20)17-10-1-2-10/h3-4,7,10,13H,1-2,5-6,8-9,15H2,(H,16,18)(H,17,20). The number of nitrogens with two attached hydrogens (primary N) is 1. The van der Waals surface area contributed by atoms with Gasteiger partial charge in [0.05, 0.1) is 24.6 Å². The summed E-state index contributed by atoms with van der Waals surface area (Å²) in [6, 6.07) is 3.82. The van der Waals surface area contributed by atoms with Gasteiger partial charge in [-0.2, -0.15) is 0 Å². The smallest absolute Gasteiger partial charge is 0.239 e. The van der Waals surface area contributed by atoms with Crippen LogP contribution in [0.4, 0.5) is 5.69 Å². The lowest BCUT2D eigenvalue weighted by molar-refractivity contribution is -0.133. The normalized spacial score (nSPS) is 22.8. The summed E-state index contributed by atoms with van der Waals surface area (Å²) in [7, 11) is 0. The third kappa shape index (κ3) is 3.69. The van der Waals surface area contributed by atoms with E-state index in [1.807, 2.05) is 6.07 Å². The summed E-state index contributed by atoms with van der Waals surface area (Å²) in [6.07, 6.45) is 3.89. The highest BCUT2D eigenvalue weighted by Crippen LogP contribution is 2.20. The number of anilines is 1. The number of pyridine rings is 1. The van der Waals surface area contributed by atoms with Gasteiger partial charge in [0.1, 0.15) is 6.04 Å². The van der Waals surface area contributed by atoms with Crippen molar-refractivity contribution in [3.8, 4) is 0 Å². The van der Waals surface area contributed by atoms with E-state index in [4.69, 9.17) is 10.6 Å². The third-order valence-electron chi connectivity index (χ3n) is 3.81. The lowest BCUT2D eigenvalue weighted by Crippen LogP contribution is -2.53. The number of hydrazine groups is 1. The molecule has 3 rings (SSSR count). The molecule has 2 fully saturated rings. The Morgan fingerprint density at radius 2 is 2.38 bits per heavy atom. The largest absolute Gasteiger partial charge is 0.378 e. The topological polar surface area (TPSA) is 92.5 Å². The highest BCUT2D eigenvalue weighted by Gasteiger charge is 2.33. The molecule has 1 aliphatic heterocycles. The van der Waals surface area contributed by atoms with Gasteiger partial charge in [-0.3, -0.25) is 20.5 Å². The number of carbonyl (C=O) groups is 1. The van der Waals surface area contributed by atoms with Crippen LogP contribution in [0.5, 0.6) is 0 Å². The summed E-state index contributed by atoms with van der Waals surface area (Å²) in [6.45, 7) is 2.42. The van der Waals surface area contributed by atoms with Crippen LogP contribution in [0.25, 0.3) is 0 Å². The maximum atomic E-state index is 12.3. The minimum absolute atomic E-state index is 0.0605. The molecule has 7 nitrogen and oxygen atoms in total. The van der Waals surface area contributed by atoms with Crippen LogP contribution < -0.4 is 16.6 Å². The number of morpholine rings is 1. The van der Waals surface area contributed by atoms with Crippen molar-refractivity contribution in [3.63, 3.8) is 0 Å². The predicted molar refractivity (Wildman–Crippen MR) is 78.2 cm³/mol. The first-order chi connectivity index (χ1) is 10.3. The van der Waals surface area contributed by atoms with Gasteiger partial charge < -0.3 is 15.5 Å². The zero-order valence-electron chi connectivity index (χ0n) is 11.9. The van der Waals surface area contributed by atoms with Crippen LogP contribution in [-0.2, 0) is 16.1 Å². The lowest BCUT2D eigenvalue weighted by atomic mass is 10.2. The van der Waals surface area contributed by atoms with Crippen LogP contribution in [0, 0.1) is 0 Å². The Morgan fingerprint density at radius 1 is 1.52 bits per heavy atom. The molecular weight excluding hydrogens is 270 g/mol. The molecule has 1 saturated heterocycles. The molecule has 0 spiro atoms. The summed E-state index contributed by atoms with van der Waals surface area (Å²) in [4.78, 5) is 18.7. The minimum atomic E-state index is -0.240. The van der Waals surface area contributed by atoms with Crippen molar-refractivity contribution >= 4 is 11.6 Å². The molecule has 0 aromatic carbocycles. The molecule has 21 heavy (non-hydrogen) atoms. The van der Waals surface area contributed by atoms with Gasteiger partial charge in [-0.25, -0.2) is 0 Å². The van der Waals surface area contributed by atoms with E-state index in [0.29, 0.717) is 25.8 Å². The fourth-order valence-electron chi connectivity index (χ4n) is 2.46. The molecule has 4 N–H and O–H groups in total. The Kier molecular flexibility index (Phi) is 4.33. The fourth-order valence-corrected chi connectivity index (χ4v) is 2.46. The second-order valence-electron chi connectivity index (χ2n) is 5.52. The number of rotatable bonds is 5. The molecule has 1 aromatic rings. The number of ether oxygens (including phenoxy) is 1. The fraction of sp³-hybridized carbons (Fsp3) is 0.571. The summed E-state index contributed by atoms with van der Waals surface area (Å²) >= 11 is 0. The second-order valence-corrected chi connectivity index (χ2v) is 5.52. The Labute approximate surface area is 123 Å². The molecule has 7 heteroatoms. The molecule has 1 aromatic heterocycles. The van der Waals surface area contributed by atoms with Crippen molar-refractivity contribution in [2.75, 3.05) is 25.2 Å². The molecular formula is C14H21N5O2. The van der Waals surface area contributed by atoms with Crippen LogP contribution in [0.2, 0.25) is 0 Å². The van der Waals surface area contributed by atoms with E-state index < -0.39 is 0 Å². The maximum Gasteiger partial charge on any atom is 0.239 e. The SMILES string of the molecule is NNc1ccnc(CN2CCOCC2C(=O)NC2CC2)c1. The summed E-state index contributed by atoms with van der Waals surface area (Å²) in [5.41, 5.74) is 4.31. The molecule has 0 radical (unpaired) electrons. The van der Waals surface area contributed by atoms with Crippen LogP contribution in [0.3, 0.4) is 0 Å². The van der Waals surface area contributed by atoms with E-state index in [0.717, 1.165) is 30.8 Å². The highest BCUT2D eigenvalue weighted by atomic mass is 16.5. The van der Waals surface area contributed by atoms with Crippen molar-refractivity contribution in [2.45, 2.75) is 31.5 Å². The van der Waals surface area contributed by atoms with Crippen LogP contribution in [0.1, 0.15) is 18.5 Å². The monoisotopic (exact) mass is 291 g/mol. The summed E-state index contributed by atoms with van der Waals surface area (Å²) in [5.74, 6) is 5.47. The van der Waals surface area contributed by atoms with Gasteiger partial charge in [0, 0.05) is 25.3 Å². The molecule has 1 atom stereocenters. The van der Waals surface area contributed by atoms with Gasteiger partial charge in [-0.05, 0) is 25.0 Å². The van der Waals surface area contributed by atoms with Gasteiger partial charge in [-0.1, -0.05) is 0 Å². The first-order valence-corrected chi connectivity index (χ1v) is 7.30. The number of carbonyl (C=O) groups excluding carboxylic acids is 1. The molecule has 1 unspecified atom stereocenters. The van der Waals surface area contributed by atoms with E-state index >= 15 is 0 Å². The molecule has 0 bridgehead atoms. The predicted octanol–water partition coefficient (Wildman–Crippen LogP) is -0.153. The van der Waals surface area contributed by atoms with Gasteiger partial charge in [-0.15, -0.1) is 0 Å². The van der Waals surface area contributed by atoms with E-state index in [1.165, 1.54) is 0 Å². The molecule has 1 aliphatic carbocycles. The maximum absolute atomic E-state index is 12.3. The number of aromatic nitrogens is 1. The zero-order chi connectivity index (χ0) is 14.7. The zero-order valence-corrected chi connectivity index (χ0v) is 11.9. The average molecular weight is 291 g/mol. The number of amides is 1. The van der Waals surface area contributed by atoms with Gasteiger partial charge in [0.25, 0.3) is 0 Å². The molecule has 2 aliphatic rings. The van der Waals surface area contributed by atoms with E-state index in [9.17, 15) is 4.79 Å². The van der Waals surface area contributed by atoms with E-state index in [2.05, 4.69) is 20.6 Å². The first kappa shape index (κ1) is 14.2. The van der Waals surface area contributed by atoms with Crippen molar-refractivity contribution in [3.05, 3.63) is 24.0 Å². The highest BCUT2D eigenvalue weighted by molar-refractivity contribution is 5.82. The molecule has 1 amide bonds. The van der Waals surface area contributed by atoms with E-state index in [-0.39, 0.29) is 11.9 Å². The van der Waals surface area contributed by atoms with Gasteiger partial charge >= 0.3 is 0 Å². The minimum Gasteiger partial charge on any atom is -0.378 e. The number of nitrogens with zero attached hydrogens (tertiary/aromatic N) is 2. The summed E-state index contributed by atoms with van der Waals surface area (Å²) < 4.78 is 5.46. The number of hydrogen-bond donors (Lipinski definition) is 3. The number of nitrogen functional groups attached to an aromatic ring is 1. The first-order valence-electron chi connectivity index (χ1n) is 7.30. The molecule has 114 valence electrons. The number of hydrogen-bond acceptors (Lipinski definition) is 6. The lowest BCUT2D eigenvalue weighted by Gasteiger charge is -2.34. The molecule has 1 saturated carbocycles. The van der Waals surface area contributed by atoms with Crippen molar-refractivity contribution < 1.29 is 9.53 Å². The van der Waals surface area contributed by atoms with Gasteiger partial charge in [0.15, 0.2) is 0 Å². The van der Waals surface area contributed by atoms with Crippen LogP contribution in [0.15, 0.2) is 18.3 Å². The van der Waals surface area contributed by atoms with Crippen molar-refractivity contribution in [1.29, 1.82) is 0 Å². The Morgan fingerprint density at radius 3 is 3.14 bits per heavy atom. The van der Waals surface area contributed by atoms with E-state index in [1.54, 1.807) is 12.3 Å². The van der Waals surface area contributed by atoms with Gasteiger partial charge in [0.2, 0.25) is 5.91 Å². The summed E-state index contributed by atoms with van der Waals surface area (Å²) in [5, 5.41) is 3.05. The average Bonchev–Trinajstić information content (AvgIpc) is 3.32. The Balaban J connectivity index is 1.66. The second kappa shape index (κ2) is 6.38. The Bertz CT molecular complexity index is 506. The quantitative estimate of drug-likeness (QED) is 0.516. The third-order valence-corrected chi connectivity index (χ3v) is 3.81.